The van der Waals surface area contributed by atoms with Gasteiger partial charge >= 0.3 is 6.09 Å². The number of aromatic nitrogens is 1. The highest BCUT2D eigenvalue weighted by Crippen LogP contribution is 2.28. The van der Waals surface area contributed by atoms with E-state index in [4.69, 9.17) is 9.84 Å². The van der Waals surface area contributed by atoms with Crippen LogP contribution in [0.3, 0.4) is 0 Å². The topological polar surface area (TPSA) is 106 Å². The first-order chi connectivity index (χ1) is 10.9. The van der Waals surface area contributed by atoms with Crippen LogP contribution in [0.2, 0.25) is 0 Å². The normalized spacial score (nSPS) is 21.0. The lowest BCUT2D eigenvalue weighted by Gasteiger charge is -2.35. The van der Waals surface area contributed by atoms with Gasteiger partial charge in [0.15, 0.2) is 0 Å². The molecule has 1 aliphatic rings. The van der Waals surface area contributed by atoms with Crippen LogP contribution in [0.5, 0.6) is 5.88 Å². The van der Waals surface area contributed by atoms with E-state index in [2.05, 4.69) is 20.9 Å². The van der Waals surface area contributed by atoms with Gasteiger partial charge in [-0.15, -0.1) is 0 Å². The third-order valence-corrected chi connectivity index (χ3v) is 4.57. The summed E-state index contributed by atoms with van der Waals surface area (Å²) in [7, 11) is 0. The van der Waals surface area contributed by atoms with Crippen molar-refractivity contribution in [2.75, 3.05) is 13.2 Å². The summed E-state index contributed by atoms with van der Waals surface area (Å²) < 4.78 is 6.02. The number of carboxylic acid groups (broad SMARTS) is 1. The Balaban J connectivity index is 1.82. The van der Waals surface area contributed by atoms with Crippen LogP contribution < -0.4 is 4.74 Å². The predicted molar refractivity (Wildman–Crippen MR) is 85.6 cm³/mol. The van der Waals surface area contributed by atoms with Gasteiger partial charge in [0.2, 0.25) is 5.88 Å². The largest absolute Gasteiger partial charge is 0.477 e. The number of ether oxygens (including phenoxy) is 1. The molecule has 9 heteroatoms. The van der Waals surface area contributed by atoms with Crippen molar-refractivity contribution < 1.29 is 19.6 Å². The van der Waals surface area contributed by atoms with Gasteiger partial charge in [-0.25, -0.2) is 9.78 Å². The fourth-order valence-electron chi connectivity index (χ4n) is 2.76. The van der Waals surface area contributed by atoms with Gasteiger partial charge in [-0.2, -0.15) is 0 Å². The van der Waals surface area contributed by atoms with Gasteiger partial charge < -0.3 is 14.7 Å². The fourth-order valence-corrected chi connectivity index (χ4v) is 3.21. The van der Waals surface area contributed by atoms with Crippen molar-refractivity contribution in [3.05, 3.63) is 26.9 Å². The number of pyridine rings is 1. The Bertz CT molecular complexity index is 598. The molecule has 0 radical (unpaired) electrons. The van der Waals surface area contributed by atoms with E-state index in [1.54, 1.807) is 0 Å². The number of nitrogens with zero attached hydrogens (tertiary/aromatic N) is 3. The van der Waals surface area contributed by atoms with Crippen LogP contribution in [0.25, 0.3) is 0 Å². The number of amides is 1. The molecule has 1 saturated heterocycles. The SMILES string of the molecule is C[C@H]1C[C@@H](CCOc2ncc([N+](=O)[O-])cc2Br)CCN1C(=O)O. The molecular weight excluding hydrogens is 370 g/mol. The molecule has 1 aromatic heterocycles. The van der Waals surface area contributed by atoms with E-state index < -0.39 is 11.0 Å². The predicted octanol–water partition coefficient (Wildman–Crippen LogP) is 3.30. The van der Waals surface area contributed by atoms with Crippen LogP contribution in [0.1, 0.15) is 26.2 Å². The maximum Gasteiger partial charge on any atom is 0.407 e. The molecule has 0 spiro atoms. The fraction of sp³-hybridized carbons (Fsp3) is 0.571. The molecule has 1 amide bonds. The first-order valence-corrected chi connectivity index (χ1v) is 8.10. The number of hydrogen-bond acceptors (Lipinski definition) is 5. The molecule has 2 rings (SSSR count). The van der Waals surface area contributed by atoms with Gasteiger partial charge in [-0.1, -0.05) is 0 Å². The number of hydrogen-bond donors (Lipinski definition) is 1. The number of carbonyl (C=O) groups is 1. The summed E-state index contributed by atoms with van der Waals surface area (Å²) in [4.78, 5) is 26.6. The Morgan fingerprint density at radius 1 is 1.65 bits per heavy atom. The van der Waals surface area contributed by atoms with Crippen LogP contribution in [0, 0.1) is 16.0 Å². The van der Waals surface area contributed by atoms with E-state index in [0.29, 0.717) is 29.4 Å². The standard InChI is InChI=1S/C14H18BrN3O5/c1-9-6-10(2-4-17(9)14(19)20)3-5-23-13-12(15)7-11(8-16-13)18(21)22/h7-10H,2-6H2,1H3,(H,19,20)/t9-,10+/m0/s1. The minimum atomic E-state index is -0.869. The van der Waals surface area contributed by atoms with Gasteiger partial charge in [-0.05, 0) is 48.0 Å². The van der Waals surface area contributed by atoms with Crippen molar-refractivity contribution in [2.24, 2.45) is 5.92 Å². The zero-order chi connectivity index (χ0) is 17.0. The number of rotatable bonds is 5. The lowest BCUT2D eigenvalue weighted by Crippen LogP contribution is -2.44. The molecule has 1 N–H and O–H groups in total. The van der Waals surface area contributed by atoms with Crippen LogP contribution >= 0.6 is 15.9 Å². The molecule has 0 saturated carbocycles. The first-order valence-electron chi connectivity index (χ1n) is 7.30. The van der Waals surface area contributed by atoms with E-state index in [1.807, 2.05) is 6.92 Å². The summed E-state index contributed by atoms with van der Waals surface area (Å²) >= 11 is 3.21. The number of halogens is 1. The second kappa shape index (κ2) is 7.58. The highest BCUT2D eigenvalue weighted by Gasteiger charge is 2.28. The van der Waals surface area contributed by atoms with Gasteiger partial charge in [0.05, 0.1) is 16.0 Å². The lowest BCUT2D eigenvalue weighted by molar-refractivity contribution is -0.385. The van der Waals surface area contributed by atoms with Crippen molar-refractivity contribution in [1.82, 2.24) is 9.88 Å². The third kappa shape index (κ3) is 4.54. The highest BCUT2D eigenvalue weighted by molar-refractivity contribution is 9.10. The molecule has 2 atom stereocenters. The average molecular weight is 388 g/mol. The summed E-state index contributed by atoms with van der Waals surface area (Å²) in [5.41, 5.74) is -0.0981. The van der Waals surface area contributed by atoms with Crippen molar-refractivity contribution in [3.8, 4) is 5.88 Å². The zero-order valence-electron chi connectivity index (χ0n) is 12.6. The van der Waals surface area contributed by atoms with E-state index >= 15 is 0 Å². The van der Waals surface area contributed by atoms with E-state index in [0.717, 1.165) is 25.5 Å². The van der Waals surface area contributed by atoms with Crippen molar-refractivity contribution in [3.63, 3.8) is 0 Å². The molecule has 8 nitrogen and oxygen atoms in total. The molecule has 1 aromatic rings. The van der Waals surface area contributed by atoms with Crippen molar-refractivity contribution in [2.45, 2.75) is 32.2 Å². The first kappa shape index (κ1) is 17.5. The summed E-state index contributed by atoms with van der Waals surface area (Å²) in [6.45, 7) is 2.89. The summed E-state index contributed by atoms with van der Waals surface area (Å²) in [6, 6.07) is 1.37. The second-order valence-electron chi connectivity index (χ2n) is 5.59. The lowest BCUT2D eigenvalue weighted by atomic mass is 9.89. The summed E-state index contributed by atoms with van der Waals surface area (Å²) in [5, 5.41) is 19.7. The van der Waals surface area contributed by atoms with Gasteiger partial charge in [-0.3, -0.25) is 10.1 Å². The molecule has 2 heterocycles. The molecule has 0 aliphatic carbocycles. The Morgan fingerprint density at radius 3 is 2.96 bits per heavy atom. The van der Waals surface area contributed by atoms with E-state index in [1.165, 1.54) is 11.0 Å². The maximum atomic E-state index is 11.0. The Kier molecular flexibility index (Phi) is 5.75. The smallest absolute Gasteiger partial charge is 0.407 e. The second-order valence-corrected chi connectivity index (χ2v) is 6.44. The monoisotopic (exact) mass is 387 g/mol. The maximum absolute atomic E-state index is 11.0. The minimum absolute atomic E-state index is 0.00971. The minimum Gasteiger partial charge on any atom is -0.477 e. The number of nitro groups is 1. The molecule has 0 aromatic carbocycles. The van der Waals surface area contributed by atoms with Gasteiger partial charge in [0.25, 0.3) is 5.69 Å². The van der Waals surface area contributed by atoms with E-state index in [9.17, 15) is 14.9 Å². The van der Waals surface area contributed by atoms with Crippen molar-refractivity contribution in [1.29, 1.82) is 0 Å². The molecule has 1 aliphatic heterocycles. The third-order valence-electron chi connectivity index (χ3n) is 4.00. The average Bonchev–Trinajstić information content (AvgIpc) is 2.48. The Hall–Kier alpha value is -1.90. The number of likely N-dealkylation sites (tertiary alicyclic amines) is 1. The quantitative estimate of drug-likeness (QED) is 0.613. The summed E-state index contributed by atoms with van der Waals surface area (Å²) in [6.07, 6.45) is 2.71. The molecule has 0 bridgehead atoms. The molecule has 23 heavy (non-hydrogen) atoms. The molecule has 1 fully saturated rings. The van der Waals surface area contributed by atoms with Crippen molar-refractivity contribution >= 4 is 27.7 Å². The van der Waals surface area contributed by atoms with Gasteiger partial charge in [0.1, 0.15) is 6.20 Å². The van der Waals surface area contributed by atoms with E-state index in [-0.39, 0.29) is 11.7 Å². The van der Waals surface area contributed by atoms with Crippen LogP contribution in [0.15, 0.2) is 16.7 Å². The molecule has 126 valence electrons. The number of piperidine rings is 1. The van der Waals surface area contributed by atoms with Crippen LogP contribution in [0.4, 0.5) is 10.5 Å². The van der Waals surface area contributed by atoms with Gasteiger partial charge in [0, 0.05) is 18.7 Å². The molecule has 0 unspecified atom stereocenters. The van der Waals surface area contributed by atoms with Crippen LogP contribution in [-0.4, -0.2) is 45.2 Å². The molecular formula is C14H18BrN3O5. The highest BCUT2D eigenvalue weighted by atomic mass is 79.9. The summed E-state index contributed by atoms with van der Waals surface area (Å²) in [5.74, 6) is 0.726. The Morgan fingerprint density at radius 2 is 2.39 bits per heavy atom. The Labute approximate surface area is 141 Å². The zero-order valence-corrected chi connectivity index (χ0v) is 14.2. The van der Waals surface area contributed by atoms with Crippen LogP contribution in [-0.2, 0) is 0 Å².